The van der Waals surface area contributed by atoms with Crippen molar-refractivity contribution in [1.82, 2.24) is 0 Å². The molecule has 136 valence electrons. The first kappa shape index (κ1) is 20.7. The molecule has 0 aromatic carbocycles. The fourth-order valence-electron chi connectivity index (χ4n) is 3.35. The zero-order valence-corrected chi connectivity index (χ0v) is 15.4. The van der Waals surface area contributed by atoms with Crippen LogP contribution in [0.2, 0.25) is 0 Å². The van der Waals surface area contributed by atoms with Crippen molar-refractivity contribution in [2.24, 2.45) is 11.8 Å². The number of hydrogen-bond donors (Lipinski definition) is 0. The zero-order chi connectivity index (χ0) is 17.6. The first-order valence-corrected chi connectivity index (χ1v) is 9.64. The normalized spacial score (nSPS) is 22.2. The van der Waals surface area contributed by atoms with E-state index in [0.717, 1.165) is 38.4 Å². The quantitative estimate of drug-likeness (QED) is 0.208. The minimum atomic E-state index is -0.226. The fraction of sp³-hybridized carbons (Fsp3) is 0.714. The Bertz CT molecular complexity index is 411. The van der Waals surface area contributed by atoms with Gasteiger partial charge in [-0.15, -0.1) is 0 Å². The Hall–Kier alpha value is -1.38. The summed E-state index contributed by atoms with van der Waals surface area (Å²) in [5.41, 5.74) is 0. The number of aldehydes is 1. The van der Waals surface area contributed by atoms with Crippen molar-refractivity contribution < 1.29 is 14.3 Å². The van der Waals surface area contributed by atoms with Crippen LogP contribution < -0.4 is 0 Å². The van der Waals surface area contributed by atoms with E-state index in [1.165, 1.54) is 39.0 Å². The van der Waals surface area contributed by atoms with E-state index >= 15 is 0 Å². The Labute approximate surface area is 147 Å². The van der Waals surface area contributed by atoms with Crippen LogP contribution in [0.25, 0.3) is 0 Å². The van der Waals surface area contributed by atoms with Crippen LogP contribution in [0.3, 0.4) is 0 Å². The third kappa shape index (κ3) is 9.05. The highest BCUT2D eigenvalue weighted by Crippen LogP contribution is 2.31. The fourth-order valence-corrected chi connectivity index (χ4v) is 3.35. The molecule has 1 fully saturated rings. The second-order valence-electron chi connectivity index (χ2n) is 6.87. The molecule has 24 heavy (non-hydrogen) atoms. The van der Waals surface area contributed by atoms with Crippen LogP contribution in [0.1, 0.15) is 78.1 Å². The molecule has 0 N–H and O–H groups in total. The lowest BCUT2D eigenvalue weighted by Gasteiger charge is -2.13. The lowest BCUT2D eigenvalue weighted by atomic mass is 9.97. The summed E-state index contributed by atoms with van der Waals surface area (Å²) in [6.07, 6.45) is 20.6. The van der Waals surface area contributed by atoms with Crippen molar-refractivity contribution in [2.75, 3.05) is 0 Å². The minimum Gasteiger partial charge on any atom is -0.458 e. The predicted octanol–water partition coefficient (Wildman–Crippen LogP) is 5.40. The molecule has 0 amide bonds. The minimum absolute atomic E-state index is 0.135. The summed E-state index contributed by atoms with van der Waals surface area (Å²) in [5.74, 6) is 0.330. The molecule has 1 rings (SSSR count). The Kier molecular flexibility index (Phi) is 11.2. The first-order valence-electron chi connectivity index (χ1n) is 9.64. The second kappa shape index (κ2) is 13.0. The molecule has 3 heteroatoms. The van der Waals surface area contributed by atoms with Crippen LogP contribution in [0.4, 0.5) is 0 Å². The number of carbonyl (C=O) groups is 2. The number of rotatable bonds is 12. The van der Waals surface area contributed by atoms with Crippen LogP contribution in [0, 0.1) is 11.8 Å². The van der Waals surface area contributed by atoms with E-state index in [2.05, 4.69) is 13.0 Å². The average Bonchev–Trinajstić information content (AvgIpc) is 3.01. The molecular weight excluding hydrogens is 300 g/mol. The van der Waals surface area contributed by atoms with Gasteiger partial charge in [-0.3, -0.25) is 4.79 Å². The lowest BCUT2D eigenvalue weighted by Crippen LogP contribution is -2.13. The molecule has 0 aliphatic heterocycles. The molecule has 1 saturated carbocycles. The van der Waals surface area contributed by atoms with Crippen molar-refractivity contribution in [3.63, 3.8) is 0 Å². The zero-order valence-electron chi connectivity index (χ0n) is 15.4. The molecule has 1 unspecified atom stereocenters. The molecule has 3 nitrogen and oxygen atoms in total. The highest BCUT2D eigenvalue weighted by Gasteiger charge is 2.23. The SMILES string of the molecule is CCCCCCCCC(/C=C/C=C/[C@H]1CCC[C@H]1C=O)OC(C)=O. The van der Waals surface area contributed by atoms with Crippen molar-refractivity contribution in [1.29, 1.82) is 0 Å². The van der Waals surface area contributed by atoms with Crippen LogP contribution in [0.15, 0.2) is 24.3 Å². The van der Waals surface area contributed by atoms with E-state index < -0.39 is 0 Å². The molecule has 0 aromatic heterocycles. The smallest absolute Gasteiger partial charge is 0.303 e. The first-order chi connectivity index (χ1) is 11.7. The Morgan fingerprint density at radius 1 is 1.08 bits per heavy atom. The number of ether oxygens (including phenoxy) is 1. The highest BCUT2D eigenvalue weighted by atomic mass is 16.5. The standard InChI is InChI=1S/C21H34O3/c1-3-4-5-6-7-8-15-21(24-18(2)23)16-10-9-12-19-13-11-14-20(19)17-22/h9-10,12,16-17,19-21H,3-8,11,13-15H2,1-2H3/b12-9+,16-10+/t19-,20-,21?/m0/s1. The lowest BCUT2D eigenvalue weighted by molar-refractivity contribution is -0.144. The maximum absolute atomic E-state index is 11.2. The van der Waals surface area contributed by atoms with E-state index in [-0.39, 0.29) is 18.0 Å². The second-order valence-corrected chi connectivity index (χ2v) is 6.87. The number of carbonyl (C=O) groups excluding carboxylic acids is 2. The molecule has 0 bridgehead atoms. The van der Waals surface area contributed by atoms with E-state index in [1.807, 2.05) is 18.2 Å². The summed E-state index contributed by atoms with van der Waals surface area (Å²) in [4.78, 5) is 22.2. The third-order valence-electron chi connectivity index (χ3n) is 4.75. The summed E-state index contributed by atoms with van der Waals surface area (Å²) in [6.45, 7) is 3.68. The van der Waals surface area contributed by atoms with E-state index in [9.17, 15) is 9.59 Å². The summed E-state index contributed by atoms with van der Waals surface area (Å²) < 4.78 is 5.38. The van der Waals surface area contributed by atoms with E-state index in [4.69, 9.17) is 4.74 Å². The maximum atomic E-state index is 11.2. The van der Waals surface area contributed by atoms with Gasteiger partial charge in [-0.25, -0.2) is 0 Å². The third-order valence-corrected chi connectivity index (χ3v) is 4.75. The molecule has 0 radical (unpaired) electrons. The summed E-state index contributed by atoms with van der Waals surface area (Å²) in [7, 11) is 0. The van der Waals surface area contributed by atoms with Gasteiger partial charge in [0.05, 0.1) is 0 Å². The molecule has 0 aromatic rings. The maximum Gasteiger partial charge on any atom is 0.303 e. The molecule has 1 aliphatic rings. The average molecular weight is 335 g/mol. The number of hydrogen-bond acceptors (Lipinski definition) is 3. The van der Waals surface area contributed by atoms with Crippen molar-refractivity contribution in [3.8, 4) is 0 Å². The van der Waals surface area contributed by atoms with Gasteiger partial charge in [0.1, 0.15) is 12.4 Å². The van der Waals surface area contributed by atoms with Crippen molar-refractivity contribution >= 4 is 12.3 Å². The summed E-state index contributed by atoms with van der Waals surface area (Å²) >= 11 is 0. The molecule has 0 saturated heterocycles. The Balaban J connectivity index is 2.35. The Morgan fingerprint density at radius 2 is 1.79 bits per heavy atom. The largest absolute Gasteiger partial charge is 0.458 e. The monoisotopic (exact) mass is 334 g/mol. The predicted molar refractivity (Wildman–Crippen MR) is 98.7 cm³/mol. The molecular formula is C21H34O3. The van der Waals surface area contributed by atoms with Gasteiger partial charge in [0.2, 0.25) is 0 Å². The van der Waals surface area contributed by atoms with Crippen LogP contribution in [0.5, 0.6) is 0 Å². The van der Waals surface area contributed by atoms with Gasteiger partial charge in [0.25, 0.3) is 0 Å². The van der Waals surface area contributed by atoms with Crippen LogP contribution >= 0.6 is 0 Å². The summed E-state index contributed by atoms with van der Waals surface area (Å²) in [5, 5.41) is 0. The van der Waals surface area contributed by atoms with E-state index in [0.29, 0.717) is 5.92 Å². The Morgan fingerprint density at radius 3 is 2.50 bits per heavy atom. The molecule has 0 spiro atoms. The van der Waals surface area contributed by atoms with Gasteiger partial charge >= 0.3 is 5.97 Å². The van der Waals surface area contributed by atoms with Gasteiger partial charge in [-0.2, -0.15) is 0 Å². The van der Waals surface area contributed by atoms with Gasteiger partial charge in [0.15, 0.2) is 0 Å². The van der Waals surface area contributed by atoms with Crippen molar-refractivity contribution in [2.45, 2.75) is 84.2 Å². The van der Waals surface area contributed by atoms with Crippen molar-refractivity contribution in [3.05, 3.63) is 24.3 Å². The molecule has 3 atom stereocenters. The van der Waals surface area contributed by atoms with Crippen LogP contribution in [-0.4, -0.2) is 18.4 Å². The van der Waals surface area contributed by atoms with Gasteiger partial charge < -0.3 is 9.53 Å². The number of esters is 1. The van der Waals surface area contributed by atoms with Crippen LogP contribution in [-0.2, 0) is 14.3 Å². The van der Waals surface area contributed by atoms with E-state index in [1.54, 1.807) is 0 Å². The van der Waals surface area contributed by atoms with Gasteiger partial charge in [-0.05, 0) is 37.7 Å². The molecule has 1 aliphatic carbocycles. The highest BCUT2D eigenvalue weighted by molar-refractivity contribution is 5.66. The molecule has 0 heterocycles. The number of unbranched alkanes of at least 4 members (excludes halogenated alkanes) is 5. The number of allylic oxidation sites excluding steroid dienone is 3. The summed E-state index contributed by atoms with van der Waals surface area (Å²) in [6, 6.07) is 0. The van der Waals surface area contributed by atoms with Gasteiger partial charge in [-0.1, -0.05) is 63.7 Å². The van der Waals surface area contributed by atoms with Gasteiger partial charge in [0, 0.05) is 12.8 Å². The topological polar surface area (TPSA) is 43.4 Å².